The summed E-state index contributed by atoms with van der Waals surface area (Å²) >= 11 is 0. The maximum Gasteiger partial charge on any atom is 0.407 e. The van der Waals surface area contributed by atoms with Crippen LogP contribution < -0.4 is 10.2 Å². The third-order valence-electron chi connectivity index (χ3n) is 6.37. The fourth-order valence-corrected chi connectivity index (χ4v) is 4.53. The molecular formula is C25H39N3O3. The highest BCUT2D eigenvalue weighted by Gasteiger charge is 2.26. The highest BCUT2D eigenvalue weighted by atomic mass is 16.6. The lowest BCUT2D eigenvalue weighted by atomic mass is 9.83. The molecule has 2 fully saturated rings. The van der Waals surface area contributed by atoms with Crippen LogP contribution in [0, 0.1) is 12.8 Å². The van der Waals surface area contributed by atoms with Crippen molar-refractivity contribution in [2.45, 2.75) is 77.9 Å². The van der Waals surface area contributed by atoms with E-state index in [2.05, 4.69) is 41.4 Å². The highest BCUT2D eigenvalue weighted by Crippen LogP contribution is 2.28. The summed E-state index contributed by atoms with van der Waals surface area (Å²) < 4.78 is 5.35. The zero-order chi connectivity index (χ0) is 22.4. The Bertz CT molecular complexity index is 725. The first-order valence-electron chi connectivity index (χ1n) is 11.8. The maximum absolute atomic E-state index is 12.7. The lowest BCUT2D eigenvalue weighted by Crippen LogP contribution is -2.48. The molecule has 3 rings (SSSR count). The molecule has 1 heterocycles. The number of anilines is 1. The van der Waals surface area contributed by atoms with Crippen LogP contribution in [0.5, 0.6) is 0 Å². The average Bonchev–Trinajstić information content (AvgIpc) is 2.72. The molecule has 0 radical (unpaired) electrons. The Balaban J connectivity index is 1.33. The smallest absolute Gasteiger partial charge is 0.407 e. The van der Waals surface area contributed by atoms with Gasteiger partial charge < -0.3 is 19.9 Å². The second-order valence-corrected chi connectivity index (χ2v) is 10.1. The first-order chi connectivity index (χ1) is 14.7. The highest BCUT2D eigenvalue weighted by molar-refractivity contribution is 5.76. The van der Waals surface area contributed by atoms with Crippen LogP contribution in [0.25, 0.3) is 0 Å². The van der Waals surface area contributed by atoms with Crippen molar-refractivity contribution in [3.05, 3.63) is 29.8 Å². The zero-order valence-electron chi connectivity index (χ0n) is 19.7. The Labute approximate surface area is 187 Å². The molecule has 2 aliphatic rings. The summed E-state index contributed by atoms with van der Waals surface area (Å²) in [5.74, 6) is 0.868. The van der Waals surface area contributed by atoms with Crippen LogP contribution in [0.3, 0.4) is 0 Å². The second-order valence-electron chi connectivity index (χ2n) is 10.1. The van der Waals surface area contributed by atoms with Crippen molar-refractivity contribution >= 4 is 17.7 Å². The van der Waals surface area contributed by atoms with Gasteiger partial charge >= 0.3 is 6.09 Å². The van der Waals surface area contributed by atoms with Crippen molar-refractivity contribution in [1.29, 1.82) is 0 Å². The summed E-state index contributed by atoms with van der Waals surface area (Å²) in [6.07, 6.45) is 5.33. The van der Waals surface area contributed by atoms with Crippen molar-refractivity contribution in [2.24, 2.45) is 5.92 Å². The number of hydrogen-bond acceptors (Lipinski definition) is 4. The van der Waals surface area contributed by atoms with E-state index in [0.717, 1.165) is 58.3 Å². The summed E-state index contributed by atoms with van der Waals surface area (Å²) in [4.78, 5) is 29.0. The van der Waals surface area contributed by atoms with Crippen LogP contribution >= 0.6 is 0 Å². The molecule has 2 amide bonds. The quantitative estimate of drug-likeness (QED) is 0.748. The van der Waals surface area contributed by atoms with Crippen LogP contribution in [0.15, 0.2) is 24.3 Å². The number of nitrogens with one attached hydrogen (secondary N) is 1. The van der Waals surface area contributed by atoms with Gasteiger partial charge in [0.25, 0.3) is 0 Å². The Morgan fingerprint density at radius 3 is 2.19 bits per heavy atom. The van der Waals surface area contributed by atoms with Gasteiger partial charge in [-0.1, -0.05) is 17.7 Å². The van der Waals surface area contributed by atoms with E-state index in [1.165, 1.54) is 11.3 Å². The number of aryl methyl sites for hydroxylation is 1. The molecule has 0 spiro atoms. The molecule has 1 N–H and O–H groups in total. The van der Waals surface area contributed by atoms with E-state index >= 15 is 0 Å². The van der Waals surface area contributed by atoms with E-state index in [4.69, 9.17) is 4.74 Å². The molecule has 0 atom stereocenters. The monoisotopic (exact) mass is 429 g/mol. The lowest BCUT2D eigenvalue weighted by molar-refractivity contribution is -0.131. The molecule has 31 heavy (non-hydrogen) atoms. The fraction of sp³-hybridized carbons (Fsp3) is 0.680. The predicted molar refractivity (Wildman–Crippen MR) is 124 cm³/mol. The molecule has 1 aliphatic carbocycles. The van der Waals surface area contributed by atoms with Gasteiger partial charge in [-0.15, -0.1) is 0 Å². The lowest BCUT2D eigenvalue weighted by Gasteiger charge is -2.36. The van der Waals surface area contributed by atoms with Gasteiger partial charge in [-0.05, 0) is 77.8 Å². The molecule has 1 aromatic rings. The number of benzene rings is 1. The second kappa shape index (κ2) is 10.4. The van der Waals surface area contributed by atoms with Crippen LogP contribution in [-0.4, -0.2) is 54.7 Å². The Hall–Kier alpha value is -2.24. The van der Waals surface area contributed by atoms with Gasteiger partial charge in [0.15, 0.2) is 0 Å². The average molecular weight is 430 g/mol. The molecule has 1 aromatic carbocycles. The predicted octanol–water partition coefficient (Wildman–Crippen LogP) is 4.51. The van der Waals surface area contributed by atoms with E-state index in [-0.39, 0.29) is 18.0 Å². The molecule has 172 valence electrons. The van der Waals surface area contributed by atoms with Gasteiger partial charge in [0.1, 0.15) is 5.60 Å². The summed E-state index contributed by atoms with van der Waals surface area (Å²) in [5, 5.41) is 2.99. The first-order valence-corrected chi connectivity index (χ1v) is 11.8. The summed E-state index contributed by atoms with van der Waals surface area (Å²) in [6, 6.07) is 8.81. The SMILES string of the molecule is Cc1ccc(N2CCN(C(=O)CCC3CCC(NC(=O)OC(C)(C)C)CC3)CC2)cc1. The summed E-state index contributed by atoms with van der Waals surface area (Å²) in [7, 11) is 0. The molecule has 6 nitrogen and oxygen atoms in total. The largest absolute Gasteiger partial charge is 0.444 e. The van der Waals surface area contributed by atoms with Gasteiger partial charge in [-0.2, -0.15) is 0 Å². The maximum atomic E-state index is 12.7. The van der Waals surface area contributed by atoms with Gasteiger partial charge in [0.05, 0.1) is 0 Å². The Morgan fingerprint density at radius 1 is 1.00 bits per heavy atom. The molecule has 1 saturated carbocycles. The fourth-order valence-electron chi connectivity index (χ4n) is 4.53. The number of rotatable bonds is 5. The Kier molecular flexibility index (Phi) is 7.84. The van der Waals surface area contributed by atoms with E-state index in [1.807, 2.05) is 25.7 Å². The number of carbonyl (C=O) groups is 2. The summed E-state index contributed by atoms with van der Waals surface area (Å²) in [5.41, 5.74) is 2.05. The summed E-state index contributed by atoms with van der Waals surface area (Å²) in [6.45, 7) is 11.1. The standard InChI is InChI=1S/C25H39N3O3/c1-19-5-12-22(13-6-19)27-15-17-28(18-16-27)23(29)14-9-20-7-10-21(11-8-20)26-24(30)31-25(2,3)4/h5-6,12-13,20-21H,7-11,14-18H2,1-4H3,(H,26,30). The third-order valence-corrected chi connectivity index (χ3v) is 6.37. The van der Waals surface area contributed by atoms with E-state index in [1.54, 1.807) is 0 Å². The number of ether oxygens (including phenoxy) is 1. The van der Waals surface area contributed by atoms with Crippen molar-refractivity contribution in [2.75, 3.05) is 31.1 Å². The van der Waals surface area contributed by atoms with Crippen LogP contribution in [0.4, 0.5) is 10.5 Å². The van der Waals surface area contributed by atoms with Crippen molar-refractivity contribution < 1.29 is 14.3 Å². The zero-order valence-corrected chi connectivity index (χ0v) is 19.7. The first kappa shape index (κ1) is 23.4. The van der Waals surface area contributed by atoms with Gasteiger partial charge in [0, 0.05) is 44.3 Å². The number of carbonyl (C=O) groups excluding carboxylic acids is 2. The molecule has 0 bridgehead atoms. The van der Waals surface area contributed by atoms with Crippen molar-refractivity contribution in [3.63, 3.8) is 0 Å². The third kappa shape index (κ3) is 7.44. The topological polar surface area (TPSA) is 61.9 Å². The minimum atomic E-state index is -0.465. The number of piperazine rings is 1. The number of alkyl carbamates (subject to hydrolysis) is 1. The number of amides is 2. The van der Waals surface area contributed by atoms with Crippen molar-refractivity contribution in [1.82, 2.24) is 10.2 Å². The van der Waals surface area contributed by atoms with Gasteiger partial charge in [0.2, 0.25) is 5.91 Å². The van der Waals surface area contributed by atoms with Crippen LogP contribution in [0.1, 0.15) is 64.9 Å². The normalized spacial score (nSPS) is 22.2. The van der Waals surface area contributed by atoms with E-state index in [9.17, 15) is 9.59 Å². The minimum Gasteiger partial charge on any atom is -0.444 e. The molecule has 6 heteroatoms. The number of nitrogens with zero attached hydrogens (tertiary/aromatic N) is 2. The molecule has 1 saturated heterocycles. The van der Waals surface area contributed by atoms with E-state index < -0.39 is 5.60 Å². The number of hydrogen-bond donors (Lipinski definition) is 1. The van der Waals surface area contributed by atoms with Crippen LogP contribution in [-0.2, 0) is 9.53 Å². The van der Waals surface area contributed by atoms with Gasteiger partial charge in [-0.3, -0.25) is 4.79 Å². The molecule has 0 unspecified atom stereocenters. The molecule has 1 aliphatic heterocycles. The molecular weight excluding hydrogens is 390 g/mol. The van der Waals surface area contributed by atoms with Crippen LogP contribution in [0.2, 0.25) is 0 Å². The minimum absolute atomic E-state index is 0.191. The van der Waals surface area contributed by atoms with Crippen molar-refractivity contribution in [3.8, 4) is 0 Å². The molecule has 0 aromatic heterocycles. The van der Waals surface area contributed by atoms with E-state index in [0.29, 0.717) is 12.3 Å². The van der Waals surface area contributed by atoms with Gasteiger partial charge in [-0.25, -0.2) is 4.79 Å². The Morgan fingerprint density at radius 2 is 1.61 bits per heavy atom.